The molecule has 3 N–H and O–H groups in total. The molecular formula is C29H28Cl2N4O9. The lowest BCUT2D eigenvalue weighted by Gasteiger charge is -2.43. The van der Waals surface area contributed by atoms with Crippen LogP contribution in [-0.4, -0.2) is 87.8 Å². The quantitative estimate of drug-likeness (QED) is 0.325. The molecule has 4 rings (SSSR count). The highest BCUT2D eigenvalue weighted by Crippen LogP contribution is 2.26. The molecule has 0 bridgehead atoms. The van der Waals surface area contributed by atoms with Crippen molar-refractivity contribution in [1.29, 1.82) is 0 Å². The van der Waals surface area contributed by atoms with Gasteiger partial charge in [0.2, 0.25) is 11.8 Å². The summed E-state index contributed by atoms with van der Waals surface area (Å²) in [5.74, 6) is -5.99. The van der Waals surface area contributed by atoms with Crippen LogP contribution in [0.15, 0.2) is 48.5 Å². The first-order valence-electron chi connectivity index (χ1n) is 13.6. The van der Waals surface area contributed by atoms with Gasteiger partial charge in [-0.15, -0.1) is 0 Å². The summed E-state index contributed by atoms with van der Waals surface area (Å²) in [6.45, 7) is -0.768. The van der Waals surface area contributed by atoms with Gasteiger partial charge in [0.25, 0.3) is 11.8 Å². The molecule has 13 nitrogen and oxygen atoms in total. The first-order chi connectivity index (χ1) is 21.0. The molecule has 0 spiro atoms. The maximum atomic E-state index is 13.7. The molecule has 2 saturated heterocycles. The maximum Gasteiger partial charge on any atom is 0.341 e. The number of ether oxygens (including phenoxy) is 1. The van der Waals surface area contributed by atoms with E-state index in [1.165, 1.54) is 18.2 Å². The Balaban J connectivity index is 1.49. The predicted molar refractivity (Wildman–Crippen MR) is 154 cm³/mol. The molecule has 0 aromatic heterocycles. The van der Waals surface area contributed by atoms with Crippen LogP contribution in [0.4, 0.5) is 0 Å². The number of fused-ring (bicyclic) bond motifs is 1. The number of hydrazine groups is 1. The first kappa shape index (κ1) is 32.4. The largest absolute Gasteiger partial charge is 0.481 e. The van der Waals surface area contributed by atoms with Crippen molar-refractivity contribution < 1.29 is 43.4 Å². The highest BCUT2D eigenvalue weighted by atomic mass is 35.5. The molecule has 44 heavy (non-hydrogen) atoms. The number of rotatable bonds is 10. The van der Waals surface area contributed by atoms with E-state index in [0.717, 1.165) is 10.0 Å². The Morgan fingerprint density at radius 2 is 1.66 bits per heavy atom. The summed E-state index contributed by atoms with van der Waals surface area (Å²) in [6.07, 6.45) is -0.499. The van der Waals surface area contributed by atoms with Crippen LogP contribution in [0.3, 0.4) is 0 Å². The van der Waals surface area contributed by atoms with Crippen LogP contribution in [0.1, 0.15) is 52.8 Å². The van der Waals surface area contributed by atoms with Crippen molar-refractivity contribution in [1.82, 2.24) is 20.7 Å². The van der Waals surface area contributed by atoms with Crippen molar-refractivity contribution >= 4 is 64.6 Å². The summed E-state index contributed by atoms with van der Waals surface area (Å²) in [5, 5.41) is 16.4. The summed E-state index contributed by atoms with van der Waals surface area (Å²) < 4.78 is 5.00. The van der Waals surface area contributed by atoms with E-state index >= 15 is 0 Å². The number of ketones is 1. The Morgan fingerprint density at radius 1 is 0.977 bits per heavy atom. The molecule has 4 amide bonds. The third-order valence-corrected chi connectivity index (χ3v) is 7.73. The van der Waals surface area contributed by atoms with Gasteiger partial charge in [0.1, 0.15) is 18.1 Å². The zero-order valence-corrected chi connectivity index (χ0v) is 24.7. The van der Waals surface area contributed by atoms with Crippen LogP contribution in [0, 0.1) is 0 Å². The molecule has 2 heterocycles. The van der Waals surface area contributed by atoms with Gasteiger partial charge in [-0.3, -0.25) is 33.8 Å². The van der Waals surface area contributed by atoms with Crippen LogP contribution in [0.25, 0.3) is 0 Å². The van der Waals surface area contributed by atoms with Crippen LogP contribution >= 0.6 is 23.2 Å². The lowest BCUT2D eigenvalue weighted by molar-refractivity contribution is -0.176. The van der Waals surface area contributed by atoms with Crippen LogP contribution in [0.2, 0.25) is 10.0 Å². The number of amides is 4. The molecule has 2 aliphatic rings. The second-order valence-electron chi connectivity index (χ2n) is 10.1. The van der Waals surface area contributed by atoms with E-state index in [-0.39, 0.29) is 41.4 Å². The molecule has 0 radical (unpaired) electrons. The number of nitrogens with one attached hydrogen (secondary N) is 2. The minimum atomic E-state index is -1.64. The van der Waals surface area contributed by atoms with Gasteiger partial charge in [-0.25, -0.2) is 9.80 Å². The van der Waals surface area contributed by atoms with E-state index < -0.39 is 72.5 Å². The Kier molecular flexibility index (Phi) is 10.6. The van der Waals surface area contributed by atoms with E-state index in [9.17, 15) is 38.7 Å². The Morgan fingerprint density at radius 3 is 2.32 bits per heavy atom. The first-order valence-corrected chi connectivity index (χ1v) is 14.4. The third-order valence-electron chi connectivity index (χ3n) is 7.10. The van der Waals surface area contributed by atoms with Crippen molar-refractivity contribution in [3.63, 3.8) is 0 Å². The van der Waals surface area contributed by atoms with Crippen LogP contribution in [-0.2, 0) is 28.7 Å². The van der Waals surface area contributed by atoms with E-state index in [2.05, 4.69) is 10.6 Å². The monoisotopic (exact) mass is 646 g/mol. The highest BCUT2D eigenvalue weighted by Gasteiger charge is 2.45. The predicted octanol–water partition coefficient (Wildman–Crippen LogP) is 2.01. The van der Waals surface area contributed by atoms with Gasteiger partial charge in [-0.2, -0.15) is 0 Å². The highest BCUT2D eigenvalue weighted by molar-refractivity contribution is 6.39. The molecule has 232 valence electrons. The maximum absolute atomic E-state index is 13.7. The number of nitrogens with zero attached hydrogens (tertiary/aromatic N) is 2. The lowest BCUT2D eigenvalue weighted by Crippen LogP contribution is -2.64. The average molecular weight is 647 g/mol. The Bertz CT molecular complexity index is 1470. The van der Waals surface area contributed by atoms with Crippen molar-refractivity contribution in [3.05, 3.63) is 69.7 Å². The zero-order chi connectivity index (χ0) is 32.0. The van der Waals surface area contributed by atoms with Crippen LogP contribution in [0.5, 0.6) is 0 Å². The second-order valence-corrected chi connectivity index (χ2v) is 10.9. The number of hydrogen-bond acceptors (Lipinski definition) is 8. The number of esters is 1. The fourth-order valence-corrected chi connectivity index (χ4v) is 5.48. The standard InChI is InChI=1S/C29H28Cl2N4O9/c30-17-8-4-9-18(31)25(17)29(43)44-15-22(36)20(14-24(38)39)33-27(41)21-10-5-13-34-23(37)12-11-19(28(42)35(21)34)32-26(40)16-6-2-1-3-7-16/h1-4,6-9,19-21H,5,10-15H2,(H,32,40)(H,33,41)(H,38,39). The number of aliphatic carboxylic acids is 1. The summed E-state index contributed by atoms with van der Waals surface area (Å²) in [7, 11) is 0. The SMILES string of the molecule is O=C(O)CC(NC(=O)C1CCCN2C(=O)CCC(NC(=O)c3ccccc3)C(=O)N12)C(=O)COC(=O)c1c(Cl)cccc1Cl. The normalized spacial score (nSPS) is 18.9. The van der Waals surface area contributed by atoms with E-state index in [1.54, 1.807) is 30.3 Å². The smallest absolute Gasteiger partial charge is 0.341 e. The Labute approximate surface area is 261 Å². The van der Waals surface area contributed by atoms with Gasteiger partial charge in [-0.05, 0) is 43.5 Å². The molecule has 15 heteroatoms. The van der Waals surface area contributed by atoms with Gasteiger partial charge in [0.05, 0.1) is 22.0 Å². The number of carbonyl (C=O) groups excluding carboxylic acids is 6. The van der Waals surface area contributed by atoms with Gasteiger partial charge >= 0.3 is 11.9 Å². The van der Waals surface area contributed by atoms with E-state index in [0.29, 0.717) is 12.0 Å². The third kappa shape index (κ3) is 7.53. The van der Waals surface area contributed by atoms with Crippen molar-refractivity contribution in [2.24, 2.45) is 0 Å². The number of benzene rings is 2. The topological polar surface area (TPSA) is 179 Å². The average Bonchev–Trinajstić information content (AvgIpc) is 3.11. The summed E-state index contributed by atoms with van der Waals surface area (Å²) in [6, 6.07) is 8.37. The molecular weight excluding hydrogens is 619 g/mol. The molecule has 3 unspecified atom stereocenters. The molecule has 3 atom stereocenters. The van der Waals surface area contributed by atoms with Crippen molar-refractivity contribution in [2.45, 2.75) is 50.2 Å². The number of hydrogen-bond donors (Lipinski definition) is 3. The fourth-order valence-electron chi connectivity index (χ4n) is 4.93. The Hall–Kier alpha value is -4.49. The lowest BCUT2D eigenvalue weighted by atomic mass is 10.0. The number of carboxylic acid groups (broad SMARTS) is 1. The molecule has 2 aromatic rings. The molecule has 2 aliphatic heterocycles. The summed E-state index contributed by atoms with van der Waals surface area (Å²) in [4.78, 5) is 89.9. The number of carbonyl (C=O) groups is 7. The minimum absolute atomic E-state index is 0.00147. The number of Topliss-reactive ketones (excluding diaryl/α,β-unsaturated/α-hetero) is 1. The molecule has 2 fully saturated rings. The van der Waals surface area contributed by atoms with Gasteiger partial charge in [0.15, 0.2) is 12.4 Å². The number of halogens is 2. The number of carboxylic acids is 1. The van der Waals surface area contributed by atoms with Gasteiger partial charge < -0.3 is 20.5 Å². The van der Waals surface area contributed by atoms with Crippen molar-refractivity contribution in [3.8, 4) is 0 Å². The van der Waals surface area contributed by atoms with E-state index in [1.807, 2.05) is 0 Å². The molecule has 0 saturated carbocycles. The fraction of sp³-hybridized carbons (Fsp3) is 0.345. The van der Waals surface area contributed by atoms with Gasteiger partial charge in [0, 0.05) is 18.5 Å². The molecule has 2 aromatic carbocycles. The van der Waals surface area contributed by atoms with Crippen molar-refractivity contribution in [2.75, 3.05) is 13.2 Å². The van der Waals surface area contributed by atoms with Gasteiger partial charge in [-0.1, -0.05) is 47.5 Å². The minimum Gasteiger partial charge on any atom is -0.481 e. The second kappa shape index (κ2) is 14.3. The molecule has 0 aliphatic carbocycles. The summed E-state index contributed by atoms with van der Waals surface area (Å²) in [5.41, 5.74) is 0.108. The van der Waals surface area contributed by atoms with E-state index in [4.69, 9.17) is 27.9 Å². The van der Waals surface area contributed by atoms with Crippen LogP contribution < -0.4 is 10.6 Å². The summed E-state index contributed by atoms with van der Waals surface area (Å²) >= 11 is 12.0. The zero-order valence-electron chi connectivity index (χ0n) is 23.2.